The average molecular weight is 364 g/mol. The molecule has 0 saturated heterocycles. The van der Waals surface area contributed by atoms with Gasteiger partial charge in [-0.05, 0) is 55.9 Å². The molecule has 1 heterocycles. The van der Waals surface area contributed by atoms with Crippen molar-refractivity contribution in [2.45, 2.75) is 75.3 Å². The standard InChI is InChI=1S/C22H28N4O/c27-20(25-18-8-10-19(11-9-18)26-15-23-24-16-26)22(17-6-2-1-3-7-17)14-21(22)12-4-5-13-21/h1-3,6-7,15-16,18-19H,4-5,8-14H2,(H,25,27). The predicted octanol–water partition coefficient (Wildman–Crippen LogP) is 3.78. The largest absolute Gasteiger partial charge is 0.353 e. The topological polar surface area (TPSA) is 59.8 Å². The minimum atomic E-state index is -0.282. The van der Waals surface area contributed by atoms with Crippen LogP contribution in [0.25, 0.3) is 0 Å². The average Bonchev–Trinajstić information content (AvgIpc) is 3.07. The maximum atomic E-state index is 13.5. The zero-order valence-electron chi connectivity index (χ0n) is 15.8. The fourth-order valence-electron chi connectivity index (χ4n) is 5.93. The molecule has 2 aromatic rings. The third kappa shape index (κ3) is 2.70. The van der Waals surface area contributed by atoms with Gasteiger partial charge in [0.25, 0.3) is 0 Å². The van der Waals surface area contributed by atoms with E-state index in [1.165, 1.54) is 31.2 Å². The molecule has 1 N–H and O–H groups in total. The number of carbonyl (C=O) groups excluding carboxylic acids is 1. The molecule has 0 aliphatic heterocycles. The van der Waals surface area contributed by atoms with Gasteiger partial charge in [-0.1, -0.05) is 43.2 Å². The molecule has 3 aliphatic rings. The Balaban J connectivity index is 1.30. The third-order valence-corrected chi connectivity index (χ3v) is 7.49. The molecular weight excluding hydrogens is 336 g/mol. The maximum absolute atomic E-state index is 13.5. The molecule has 27 heavy (non-hydrogen) atoms. The van der Waals surface area contributed by atoms with Gasteiger partial charge in [-0.25, -0.2) is 0 Å². The summed E-state index contributed by atoms with van der Waals surface area (Å²) < 4.78 is 2.11. The zero-order chi connectivity index (χ0) is 18.3. The van der Waals surface area contributed by atoms with Crippen LogP contribution in [0, 0.1) is 5.41 Å². The highest BCUT2D eigenvalue weighted by molar-refractivity contribution is 5.93. The summed E-state index contributed by atoms with van der Waals surface area (Å²) >= 11 is 0. The normalized spacial score (nSPS) is 31.7. The van der Waals surface area contributed by atoms with E-state index in [2.05, 4.69) is 44.3 Å². The van der Waals surface area contributed by atoms with Crippen molar-refractivity contribution in [3.63, 3.8) is 0 Å². The molecule has 142 valence electrons. The van der Waals surface area contributed by atoms with Crippen molar-refractivity contribution in [1.82, 2.24) is 20.1 Å². The minimum Gasteiger partial charge on any atom is -0.353 e. The lowest BCUT2D eigenvalue weighted by Crippen LogP contribution is -2.45. The number of hydrogen-bond donors (Lipinski definition) is 1. The van der Waals surface area contributed by atoms with Gasteiger partial charge in [-0.3, -0.25) is 4.79 Å². The second-order valence-corrected chi connectivity index (χ2v) is 8.82. The predicted molar refractivity (Wildman–Crippen MR) is 103 cm³/mol. The van der Waals surface area contributed by atoms with E-state index in [0.29, 0.717) is 12.1 Å². The lowest BCUT2D eigenvalue weighted by atomic mass is 9.83. The van der Waals surface area contributed by atoms with Crippen molar-refractivity contribution in [1.29, 1.82) is 0 Å². The minimum absolute atomic E-state index is 0.220. The lowest BCUT2D eigenvalue weighted by molar-refractivity contribution is -0.125. The molecule has 5 heteroatoms. The molecular formula is C22H28N4O. The summed E-state index contributed by atoms with van der Waals surface area (Å²) in [6.07, 6.45) is 13.8. The summed E-state index contributed by atoms with van der Waals surface area (Å²) in [5, 5.41) is 11.3. The van der Waals surface area contributed by atoms with E-state index in [1.54, 1.807) is 0 Å². The van der Waals surface area contributed by atoms with Crippen molar-refractivity contribution in [2.24, 2.45) is 5.41 Å². The highest BCUT2D eigenvalue weighted by Crippen LogP contribution is 2.72. The van der Waals surface area contributed by atoms with Gasteiger partial charge in [0.05, 0.1) is 5.41 Å². The molecule has 3 fully saturated rings. The second kappa shape index (κ2) is 6.47. The number of nitrogens with zero attached hydrogens (tertiary/aromatic N) is 3. The Morgan fingerprint density at radius 3 is 2.33 bits per heavy atom. The van der Waals surface area contributed by atoms with Gasteiger partial charge >= 0.3 is 0 Å². The van der Waals surface area contributed by atoms with Crippen molar-refractivity contribution < 1.29 is 4.79 Å². The Kier molecular flexibility index (Phi) is 4.06. The highest BCUT2D eigenvalue weighted by atomic mass is 16.2. The fraction of sp³-hybridized carbons (Fsp3) is 0.591. The number of aromatic nitrogens is 3. The van der Waals surface area contributed by atoms with Crippen molar-refractivity contribution in [3.8, 4) is 0 Å². The van der Waals surface area contributed by atoms with Gasteiger partial charge in [-0.2, -0.15) is 0 Å². The number of hydrogen-bond acceptors (Lipinski definition) is 3. The smallest absolute Gasteiger partial charge is 0.231 e. The van der Waals surface area contributed by atoms with E-state index in [4.69, 9.17) is 0 Å². The third-order valence-electron chi connectivity index (χ3n) is 7.49. The van der Waals surface area contributed by atoms with Crippen molar-refractivity contribution in [2.75, 3.05) is 0 Å². The SMILES string of the molecule is O=C(NC1CCC(n2cnnc2)CC1)C1(c2ccccc2)CC12CCCC2. The van der Waals surface area contributed by atoms with Crippen molar-refractivity contribution >= 4 is 5.91 Å². The summed E-state index contributed by atoms with van der Waals surface area (Å²) in [5.41, 5.74) is 1.16. The van der Waals surface area contributed by atoms with E-state index in [0.717, 1.165) is 32.1 Å². The Bertz CT molecular complexity index is 789. The lowest BCUT2D eigenvalue weighted by Gasteiger charge is -2.32. The van der Waals surface area contributed by atoms with E-state index in [9.17, 15) is 4.79 Å². The van der Waals surface area contributed by atoms with E-state index < -0.39 is 0 Å². The van der Waals surface area contributed by atoms with Crippen molar-refractivity contribution in [3.05, 3.63) is 48.5 Å². The van der Waals surface area contributed by atoms with Crippen LogP contribution in [0.5, 0.6) is 0 Å². The number of carbonyl (C=O) groups is 1. The quantitative estimate of drug-likeness (QED) is 0.898. The molecule has 1 spiro atoms. The fourth-order valence-corrected chi connectivity index (χ4v) is 5.93. The molecule has 1 aromatic heterocycles. The first kappa shape index (κ1) is 17.0. The number of amides is 1. The maximum Gasteiger partial charge on any atom is 0.231 e. The Morgan fingerprint density at radius 2 is 1.67 bits per heavy atom. The molecule has 5 rings (SSSR count). The Labute approximate surface area is 160 Å². The molecule has 1 aromatic carbocycles. The van der Waals surface area contributed by atoms with Gasteiger partial charge in [-0.15, -0.1) is 10.2 Å². The van der Waals surface area contributed by atoms with E-state index >= 15 is 0 Å². The number of benzene rings is 1. The van der Waals surface area contributed by atoms with Crippen LogP contribution in [0.15, 0.2) is 43.0 Å². The van der Waals surface area contributed by atoms with Gasteiger partial charge in [0.2, 0.25) is 5.91 Å². The van der Waals surface area contributed by atoms with E-state index in [1.807, 2.05) is 18.7 Å². The molecule has 1 atom stereocenters. The van der Waals surface area contributed by atoms with Crippen LogP contribution in [0.1, 0.15) is 69.4 Å². The van der Waals surface area contributed by atoms with Crippen LogP contribution >= 0.6 is 0 Å². The summed E-state index contributed by atoms with van der Waals surface area (Å²) in [5.74, 6) is 0.281. The molecule has 5 nitrogen and oxygen atoms in total. The summed E-state index contributed by atoms with van der Waals surface area (Å²) in [7, 11) is 0. The van der Waals surface area contributed by atoms with Crippen LogP contribution in [-0.2, 0) is 10.2 Å². The van der Waals surface area contributed by atoms with Gasteiger partial charge in [0.15, 0.2) is 0 Å². The van der Waals surface area contributed by atoms with Crippen LogP contribution in [0.3, 0.4) is 0 Å². The molecule has 3 aliphatic carbocycles. The van der Waals surface area contributed by atoms with Gasteiger partial charge in [0, 0.05) is 12.1 Å². The summed E-state index contributed by atoms with van der Waals surface area (Å²) in [6.45, 7) is 0. The highest BCUT2D eigenvalue weighted by Gasteiger charge is 2.72. The zero-order valence-corrected chi connectivity index (χ0v) is 15.8. The van der Waals surface area contributed by atoms with Gasteiger partial charge in [0.1, 0.15) is 12.7 Å². The van der Waals surface area contributed by atoms with Crippen LogP contribution < -0.4 is 5.32 Å². The van der Waals surface area contributed by atoms with E-state index in [-0.39, 0.29) is 16.7 Å². The van der Waals surface area contributed by atoms with Crippen LogP contribution in [-0.4, -0.2) is 26.7 Å². The number of nitrogens with one attached hydrogen (secondary N) is 1. The van der Waals surface area contributed by atoms with Crippen LogP contribution in [0.2, 0.25) is 0 Å². The number of rotatable bonds is 4. The first-order chi connectivity index (χ1) is 13.2. The second-order valence-electron chi connectivity index (χ2n) is 8.82. The summed E-state index contributed by atoms with van der Waals surface area (Å²) in [6, 6.07) is 11.3. The molecule has 0 radical (unpaired) electrons. The molecule has 1 unspecified atom stereocenters. The first-order valence-corrected chi connectivity index (χ1v) is 10.4. The monoisotopic (exact) mass is 364 g/mol. The first-order valence-electron chi connectivity index (χ1n) is 10.4. The Morgan fingerprint density at radius 1 is 1.00 bits per heavy atom. The Hall–Kier alpha value is -2.17. The van der Waals surface area contributed by atoms with Crippen LogP contribution in [0.4, 0.5) is 0 Å². The molecule has 1 amide bonds. The molecule has 0 bridgehead atoms. The molecule has 3 saturated carbocycles. The summed E-state index contributed by atoms with van der Waals surface area (Å²) in [4.78, 5) is 13.5. The van der Waals surface area contributed by atoms with Gasteiger partial charge < -0.3 is 9.88 Å².